The van der Waals surface area contributed by atoms with Crippen LogP contribution in [0, 0.1) is 5.92 Å². The third kappa shape index (κ3) is 5.30. The first-order valence-electron chi connectivity index (χ1n) is 9.82. The lowest BCUT2D eigenvalue weighted by molar-refractivity contribution is -0.137. The first-order valence-corrected chi connectivity index (χ1v) is 10.7. The summed E-state index contributed by atoms with van der Waals surface area (Å²) in [5, 5.41) is 5.02. The predicted molar refractivity (Wildman–Crippen MR) is 102 cm³/mol. The van der Waals surface area contributed by atoms with Crippen molar-refractivity contribution in [3.05, 3.63) is 22.4 Å². The van der Waals surface area contributed by atoms with Gasteiger partial charge in [0.2, 0.25) is 11.8 Å². The third-order valence-electron chi connectivity index (χ3n) is 5.63. The number of carbonyl (C=O) groups is 2. The first kappa shape index (κ1) is 18.4. The van der Waals surface area contributed by atoms with E-state index in [4.69, 9.17) is 0 Å². The van der Waals surface area contributed by atoms with Crippen molar-refractivity contribution in [2.45, 2.75) is 70.3 Å². The van der Waals surface area contributed by atoms with E-state index in [-0.39, 0.29) is 11.8 Å². The Balaban J connectivity index is 1.33. The van der Waals surface area contributed by atoms with Crippen LogP contribution in [-0.4, -0.2) is 35.8 Å². The Kier molecular flexibility index (Phi) is 6.91. The molecule has 2 fully saturated rings. The van der Waals surface area contributed by atoms with Gasteiger partial charge in [-0.1, -0.05) is 18.9 Å². The van der Waals surface area contributed by atoms with Crippen molar-refractivity contribution in [1.82, 2.24) is 10.2 Å². The molecule has 0 spiro atoms. The molecule has 2 amide bonds. The van der Waals surface area contributed by atoms with Crippen molar-refractivity contribution in [1.29, 1.82) is 0 Å². The van der Waals surface area contributed by atoms with Crippen LogP contribution in [-0.2, 0) is 16.0 Å². The van der Waals surface area contributed by atoms with Gasteiger partial charge in [0.05, 0.1) is 0 Å². The Bertz CT molecular complexity index is 556. The second-order valence-corrected chi connectivity index (χ2v) is 8.41. The van der Waals surface area contributed by atoms with E-state index in [0.29, 0.717) is 31.8 Å². The van der Waals surface area contributed by atoms with Gasteiger partial charge in [0.15, 0.2) is 0 Å². The topological polar surface area (TPSA) is 49.4 Å². The number of carbonyl (C=O) groups excluding carboxylic acids is 2. The molecule has 1 N–H and O–H groups in total. The van der Waals surface area contributed by atoms with Gasteiger partial charge in [-0.25, -0.2) is 0 Å². The van der Waals surface area contributed by atoms with E-state index < -0.39 is 0 Å². The largest absolute Gasteiger partial charge is 0.356 e. The van der Waals surface area contributed by atoms with E-state index in [9.17, 15) is 9.59 Å². The highest BCUT2D eigenvalue weighted by molar-refractivity contribution is 7.09. The van der Waals surface area contributed by atoms with Crippen LogP contribution in [0.15, 0.2) is 17.5 Å². The minimum Gasteiger partial charge on any atom is -0.356 e. The molecule has 1 saturated carbocycles. The highest BCUT2D eigenvalue weighted by Crippen LogP contribution is 2.35. The van der Waals surface area contributed by atoms with E-state index in [0.717, 1.165) is 25.3 Å². The van der Waals surface area contributed by atoms with Gasteiger partial charge in [-0.15, -0.1) is 11.3 Å². The molecule has 1 aliphatic carbocycles. The van der Waals surface area contributed by atoms with Crippen LogP contribution in [0.25, 0.3) is 0 Å². The zero-order valence-corrected chi connectivity index (χ0v) is 15.9. The minimum absolute atomic E-state index is 0.0681. The van der Waals surface area contributed by atoms with Crippen LogP contribution in [0.3, 0.4) is 0 Å². The highest BCUT2D eigenvalue weighted by Gasteiger charge is 2.35. The number of nitrogens with zero attached hydrogens (tertiary/aromatic N) is 1. The van der Waals surface area contributed by atoms with Gasteiger partial charge in [-0.3, -0.25) is 9.59 Å². The van der Waals surface area contributed by atoms with Crippen molar-refractivity contribution in [3.63, 3.8) is 0 Å². The minimum atomic E-state index is 0.0681. The molecule has 0 aromatic carbocycles. The Morgan fingerprint density at radius 2 is 2.00 bits per heavy atom. The number of amides is 2. The summed E-state index contributed by atoms with van der Waals surface area (Å²) in [6, 6.07) is 4.60. The molecule has 4 nitrogen and oxygen atoms in total. The average molecular weight is 363 g/mol. The van der Waals surface area contributed by atoms with Crippen molar-refractivity contribution in [3.8, 4) is 0 Å². The highest BCUT2D eigenvalue weighted by atomic mass is 32.1. The van der Waals surface area contributed by atoms with Gasteiger partial charge in [-0.05, 0) is 55.9 Å². The fourth-order valence-corrected chi connectivity index (χ4v) is 5.06. The van der Waals surface area contributed by atoms with Crippen LogP contribution in [0.5, 0.6) is 0 Å². The van der Waals surface area contributed by atoms with Crippen LogP contribution in [0.4, 0.5) is 0 Å². The molecule has 0 bridgehead atoms. The van der Waals surface area contributed by atoms with E-state index >= 15 is 0 Å². The summed E-state index contributed by atoms with van der Waals surface area (Å²) < 4.78 is 0. The number of thiophene rings is 1. The lowest BCUT2D eigenvalue weighted by atomic mass is 9.78. The van der Waals surface area contributed by atoms with Crippen LogP contribution in [0.2, 0.25) is 0 Å². The molecule has 0 radical (unpaired) electrons. The number of rotatable bonds is 7. The van der Waals surface area contributed by atoms with Crippen LogP contribution >= 0.6 is 11.3 Å². The molecule has 1 saturated heterocycles. The quantitative estimate of drug-likeness (QED) is 0.803. The molecule has 3 rings (SSSR count). The first-order chi connectivity index (χ1) is 12.2. The summed E-state index contributed by atoms with van der Waals surface area (Å²) in [6.07, 6.45) is 10.0. The van der Waals surface area contributed by atoms with Crippen molar-refractivity contribution in [2.24, 2.45) is 5.92 Å². The van der Waals surface area contributed by atoms with Crippen molar-refractivity contribution in [2.75, 3.05) is 13.1 Å². The van der Waals surface area contributed by atoms with E-state index in [2.05, 4.69) is 21.7 Å². The Morgan fingerprint density at radius 1 is 1.16 bits per heavy atom. The molecule has 2 aliphatic rings. The smallest absolute Gasteiger partial charge is 0.222 e. The molecule has 1 aromatic heterocycles. The van der Waals surface area contributed by atoms with E-state index in [1.165, 1.54) is 37.0 Å². The van der Waals surface area contributed by atoms with Crippen LogP contribution < -0.4 is 5.32 Å². The Labute approximate surface area is 155 Å². The molecule has 2 unspecified atom stereocenters. The molecule has 5 heteroatoms. The predicted octanol–water partition coefficient (Wildman–Crippen LogP) is 3.76. The fraction of sp³-hybridized carbons (Fsp3) is 0.700. The Hall–Kier alpha value is -1.36. The van der Waals surface area contributed by atoms with Gasteiger partial charge in [0.25, 0.3) is 0 Å². The molecular formula is C20H30N2O2S. The maximum Gasteiger partial charge on any atom is 0.222 e. The van der Waals surface area contributed by atoms with Gasteiger partial charge in [0.1, 0.15) is 0 Å². The fourth-order valence-electron chi connectivity index (χ4n) is 4.35. The summed E-state index contributed by atoms with van der Waals surface area (Å²) in [4.78, 5) is 28.0. The lowest BCUT2D eigenvalue weighted by Gasteiger charge is -2.44. The number of likely N-dealkylation sites (tertiary alicyclic amines) is 1. The number of nitrogens with one attached hydrogen (secondary N) is 1. The molecule has 2 atom stereocenters. The van der Waals surface area contributed by atoms with Crippen molar-refractivity contribution >= 4 is 23.2 Å². The summed E-state index contributed by atoms with van der Waals surface area (Å²) in [5.41, 5.74) is 0. The van der Waals surface area contributed by atoms with Gasteiger partial charge < -0.3 is 10.2 Å². The standard InChI is InChI=1S/C20H30N2O2S/c23-19(21-13-12-17-8-5-15-25-17)10-3-11-20(24)22-14-4-7-16-6-1-2-9-18(16)22/h5,8,15-16,18H,1-4,6-7,9-14H2,(H,21,23). The van der Waals surface area contributed by atoms with Crippen molar-refractivity contribution < 1.29 is 9.59 Å². The number of fused-ring (bicyclic) bond motifs is 1. The van der Waals surface area contributed by atoms with Gasteiger partial charge in [0, 0.05) is 36.9 Å². The number of hydrogen-bond acceptors (Lipinski definition) is 3. The molecular weight excluding hydrogens is 332 g/mol. The SMILES string of the molecule is O=C(CCCC(=O)N1CCCC2CCCCC21)NCCc1cccs1. The molecule has 1 aromatic rings. The molecule has 1 aliphatic heterocycles. The summed E-state index contributed by atoms with van der Waals surface area (Å²) in [6.45, 7) is 1.61. The van der Waals surface area contributed by atoms with Gasteiger partial charge in [-0.2, -0.15) is 0 Å². The number of piperidine rings is 1. The summed E-state index contributed by atoms with van der Waals surface area (Å²) in [7, 11) is 0. The normalized spacial score (nSPS) is 23.1. The average Bonchev–Trinajstić information content (AvgIpc) is 3.14. The van der Waals surface area contributed by atoms with E-state index in [1.54, 1.807) is 11.3 Å². The molecule has 2 heterocycles. The third-order valence-corrected chi connectivity index (χ3v) is 6.57. The zero-order chi connectivity index (χ0) is 17.5. The zero-order valence-electron chi connectivity index (χ0n) is 15.0. The molecule has 138 valence electrons. The Morgan fingerprint density at radius 3 is 2.84 bits per heavy atom. The van der Waals surface area contributed by atoms with Crippen LogP contribution in [0.1, 0.15) is 62.7 Å². The summed E-state index contributed by atoms with van der Waals surface area (Å²) >= 11 is 1.72. The second kappa shape index (κ2) is 9.37. The lowest BCUT2D eigenvalue weighted by Crippen LogP contribution is -2.49. The summed E-state index contributed by atoms with van der Waals surface area (Å²) in [5.74, 6) is 1.06. The second-order valence-electron chi connectivity index (χ2n) is 7.37. The maximum absolute atomic E-state index is 12.6. The van der Waals surface area contributed by atoms with E-state index in [1.807, 2.05) is 6.07 Å². The monoisotopic (exact) mass is 362 g/mol. The molecule has 25 heavy (non-hydrogen) atoms. The number of hydrogen-bond donors (Lipinski definition) is 1. The maximum atomic E-state index is 12.6. The van der Waals surface area contributed by atoms with Gasteiger partial charge >= 0.3 is 0 Å².